The Balaban J connectivity index is 2.01. The van der Waals surface area contributed by atoms with Gasteiger partial charge in [-0.3, -0.25) is 4.57 Å². The number of hydrogen-bond donors (Lipinski definition) is 1. The molecule has 6 nitrogen and oxygen atoms in total. The molecule has 90 valence electrons. The van der Waals surface area contributed by atoms with Crippen LogP contribution in [0.2, 0.25) is 0 Å². The lowest BCUT2D eigenvalue weighted by molar-refractivity contribution is 0.501. The fraction of sp³-hybridized carbons (Fsp3) is 0.0833. The Morgan fingerprint density at radius 1 is 1.39 bits per heavy atom. The molecule has 18 heavy (non-hydrogen) atoms. The second-order valence-corrected chi connectivity index (χ2v) is 3.86. The molecule has 0 spiro atoms. The van der Waals surface area contributed by atoms with Crippen LogP contribution in [0, 0.1) is 0 Å². The number of hydrogen-bond acceptors (Lipinski definition) is 5. The number of fused-ring (bicyclic) bond motifs is 1. The first-order valence-electron chi connectivity index (χ1n) is 5.39. The maximum Gasteiger partial charge on any atom is 0.347 e. The molecule has 0 aliphatic carbocycles. The second kappa shape index (κ2) is 3.99. The van der Waals surface area contributed by atoms with Crippen molar-refractivity contribution >= 4 is 16.8 Å². The van der Waals surface area contributed by atoms with Gasteiger partial charge in [0.1, 0.15) is 12.1 Å². The first-order chi connectivity index (χ1) is 8.72. The van der Waals surface area contributed by atoms with Gasteiger partial charge in [-0.1, -0.05) is 0 Å². The van der Waals surface area contributed by atoms with Crippen LogP contribution in [-0.4, -0.2) is 14.5 Å². The topological polar surface area (TPSA) is 86.9 Å². The summed E-state index contributed by atoms with van der Waals surface area (Å²) in [5.41, 5.74) is 7.29. The number of anilines is 1. The van der Waals surface area contributed by atoms with Gasteiger partial charge in [0.05, 0.1) is 0 Å². The second-order valence-electron chi connectivity index (χ2n) is 3.86. The average Bonchev–Trinajstić information content (AvgIpc) is 2.73. The highest BCUT2D eigenvalue weighted by atomic mass is 16.3. The van der Waals surface area contributed by atoms with Crippen LogP contribution in [0.3, 0.4) is 0 Å². The van der Waals surface area contributed by atoms with E-state index in [9.17, 15) is 4.79 Å². The minimum atomic E-state index is -0.334. The minimum Gasteiger partial charge on any atom is -0.439 e. The molecule has 6 heteroatoms. The Morgan fingerprint density at radius 2 is 2.28 bits per heavy atom. The molecule has 0 radical (unpaired) electrons. The molecule has 3 rings (SSSR count). The monoisotopic (exact) mass is 242 g/mol. The molecule has 0 saturated carbocycles. The molecule has 2 aromatic heterocycles. The quantitative estimate of drug-likeness (QED) is 0.678. The van der Waals surface area contributed by atoms with Gasteiger partial charge in [0.15, 0.2) is 5.58 Å². The molecular weight excluding hydrogens is 232 g/mol. The standard InChI is InChI=1S/C12H10N4O2/c13-8-2-3-10-9(6-8)15-11(18-10)7-16-5-1-4-14-12(16)17/h1-6H,7,13H2. The van der Waals surface area contributed by atoms with E-state index in [1.165, 1.54) is 10.8 Å². The van der Waals surface area contributed by atoms with Crippen molar-refractivity contribution in [1.29, 1.82) is 0 Å². The molecule has 0 atom stereocenters. The molecule has 0 aliphatic rings. The average molecular weight is 242 g/mol. The summed E-state index contributed by atoms with van der Waals surface area (Å²) in [6.07, 6.45) is 3.09. The van der Waals surface area contributed by atoms with Gasteiger partial charge in [0, 0.05) is 18.1 Å². The van der Waals surface area contributed by atoms with Crippen molar-refractivity contribution in [2.75, 3.05) is 5.73 Å². The van der Waals surface area contributed by atoms with Crippen LogP contribution in [0.15, 0.2) is 45.9 Å². The van der Waals surface area contributed by atoms with E-state index in [4.69, 9.17) is 10.2 Å². The van der Waals surface area contributed by atoms with E-state index < -0.39 is 0 Å². The summed E-state index contributed by atoms with van der Waals surface area (Å²) in [6.45, 7) is 0.251. The molecule has 0 aliphatic heterocycles. The summed E-state index contributed by atoms with van der Waals surface area (Å²) in [6, 6.07) is 6.91. The summed E-state index contributed by atoms with van der Waals surface area (Å²) in [5.74, 6) is 0.450. The Bertz CT molecular complexity index is 760. The van der Waals surface area contributed by atoms with E-state index >= 15 is 0 Å². The summed E-state index contributed by atoms with van der Waals surface area (Å²) in [5, 5.41) is 0. The first kappa shape index (κ1) is 10.5. The van der Waals surface area contributed by atoms with Gasteiger partial charge in [-0.25, -0.2) is 14.8 Å². The first-order valence-corrected chi connectivity index (χ1v) is 5.39. The van der Waals surface area contributed by atoms with Crippen LogP contribution < -0.4 is 11.4 Å². The highest BCUT2D eigenvalue weighted by Crippen LogP contribution is 2.18. The molecule has 1 aromatic carbocycles. The van der Waals surface area contributed by atoms with Gasteiger partial charge in [-0.15, -0.1) is 0 Å². The SMILES string of the molecule is Nc1ccc2oc(Cn3cccnc3=O)nc2c1. The Kier molecular flexibility index (Phi) is 2.33. The van der Waals surface area contributed by atoms with Crippen LogP contribution in [0.1, 0.15) is 5.89 Å². The lowest BCUT2D eigenvalue weighted by Crippen LogP contribution is -2.21. The van der Waals surface area contributed by atoms with Crippen molar-refractivity contribution in [3.05, 3.63) is 53.0 Å². The number of nitrogen functional groups attached to an aromatic ring is 1. The van der Waals surface area contributed by atoms with Gasteiger partial charge in [0.25, 0.3) is 0 Å². The zero-order valence-electron chi connectivity index (χ0n) is 9.41. The number of rotatable bonds is 2. The zero-order valence-corrected chi connectivity index (χ0v) is 9.41. The van der Waals surface area contributed by atoms with Crippen molar-refractivity contribution in [2.24, 2.45) is 0 Å². The Morgan fingerprint density at radius 3 is 3.11 bits per heavy atom. The fourth-order valence-corrected chi connectivity index (χ4v) is 1.71. The minimum absolute atomic E-state index is 0.251. The predicted molar refractivity (Wildman–Crippen MR) is 66.0 cm³/mol. The summed E-state index contributed by atoms with van der Waals surface area (Å²) in [4.78, 5) is 19.4. The van der Waals surface area contributed by atoms with Crippen molar-refractivity contribution in [3.8, 4) is 0 Å². The molecule has 0 fully saturated rings. The van der Waals surface area contributed by atoms with Crippen LogP contribution >= 0.6 is 0 Å². The predicted octanol–water partition coefficient (Wildman–Crippen LogP) is 1.02. The number of benzene rings is 1. The Hall–Kier alpha value is -2.63. The molecule has 0 saturated heterocycles. The molecular formula is C12H10N4O2. The lowest BCUT2D eigenvalue weighted by atomic mass is 10.3. The Labute approximate surface area is 102 Å². The molecule has 2 N–H and O–H groups in total. The highest BCUT2D eigenvalue weighted by Gasteiger charge is 2.07. The van der Waals surface area contributed by atoms with Crippen LogP contribution in [-0.2, 0) is 6.54 Å². The normalized spacial score (nSPS) is 10.9. The molecule has 3 aromatic rings. The lowest BCUT2D eigenvalue weighted by Gasteiger charge is -1.98. The third-order valence-electron chi connectivity index (χ3n) is 2.54. The van der Waals surface area contributed by atoms with E-state index in [0.29, 0.717) is 22.7 Å². The molecule has 0 bridgehead atoms. The fourth-order valence-electron chi connectivity index (χ4n) is 1.71. The van der Waals surface area contributed by atoms with Gasteiger partial charge >= 0.3 is 5.69 Å². The van der Waals surface area contributed by atoms with Crippen molar-refractivity contribution in [2.45, 2.75) is 6.54 Å². The smallest absolute Gasteiger partial charge is 0.347 e. The van der Waals surface area contributed by atoms with Crippen LogP contribution in [0.4, 0.5) is 5.69 Å². The van der Waals surface area contributed by atoms with Gasteiger partial charge < -0.3 is 10.2 Å². The largest absolute Gasteiger partial charge is 0.439 e. The van der Waals surface area contributed by atoms with Crippen LogP contribution in [0.25, 0.3) is 11.1 Å². The third kappa shape index (κ3) is 1.84. The van der Waals surface area contributed by atoms with Crippen LogP contribution in [0.5, 0.6) is 0 Å². The van der Waals surface area contributed by atoms with Gasteiger partial charge in [0.2, 0.25) is 5.89 Å². The maximum absolute atomic E-state index is 11.5. The third-order valence-corrected chi connectivity index (χ3v) is 2.54. The highest BCUT2D eigenvalue weighted by molar-refractivity contribution is 5.76. The van der Waals surface area contributed by atoms with E-state index in [0.717, 1.165) is 0 Å². The summed E-state index contributed by atoms with van der Waals surface area (Å²) < 4.78 is 6.95. The number of nitrogens with zero attached hydrogens (tertiary/aromatic N) is 3. The number of nitrogens with two attached hydrogens (primary N) is 1. The molecule has 0 unspecified atom stereocenters. The molecule has 0 amide bonds. The van der Waals surface area contributed by atoms with Gasteiger partial charge in [-0.05, 0) is 24.3 Å². The van der Waals surface area contributed by atoms with Crippen molar-refractivity contribution < 1.29 is 4.42 Å². The summed E-state index contributed by atoms with van der Waals surface area (Å²) in [7, 11) is 0. The zero-order chi connectivity index (χ0) is 12.5. The molecule has 2 heterocycles. The van der Waals surface area contributed by atoms with Gasteiger partial charge in [-0.2, -0.15) is 0 Å². The van der Waals surface area contributed by atoms with Crippen molar-refractivity contribution in [1.82, 2.24) is 14.5 Å². The maximum atomic E-state index is 11.5. The summed E-state index contributed by atoms with van der Waals surface area (Å²) >= 11 is 0. The number of oxazole rings is 1. The van der Waals surface area contributed by atoms with E-state index in [1.54, 1.807) is 30.5 Å². The van der Waals surface area contributed by atoms with Crippen molar-refractivity contribution in [3.63, 3.8) is 0 Å². The van der Waals surface area contributed by atoms with E-state index in [1.807, 2.05) is 0 Å². The van der Waals surface area contributed by atoms with E-state index in [2.05, 4.69) is 9.97 Å². The van der Waals surface area contributed by atoms with E-state index in [-0.39, 0.29) is 12.2 Å². The number of aromatic nitrogens is 3.